The van der Waals surface area contributed by atoms with Gasteiger partial charge >= 0.3 is 0 Å². The number of nitrogen functional groups attached to an aromatic ring is 1. The van der Waals surface area contributed by atoms with Crippen LogP contribution < -0.4 is 10.6 Å². The Bertz CT molecular complexity index is 441. The Morgan fingerprint density at radius 2 is 2.10 bits per heavy atom. The topological polar surface area (TPSA) is 71.7 Å². The van der Waals surface area contributed by atoms with Crippen LogP contribution in [-0.4, -0.2) is 55.2 Å². The minimum absolute atomic E-state index is 0.222. The summed E-state index contributed by atoms with van der Waals surface area (Å²) < 4.78 is 5.26. The monoisotopic (exact) mass is 292 g/mol. The number of pyridine rings is 1. The zero-order valence-electron chi connectivity index (χ0n) is 12.6. The van der Waals surface area contributed by atoms with Crippen molar-refractivity contribution in [3.63, 3.8) is 0 Å². The molecule has 1 aromatic rings. The van der Waals surface area contributed by atoms with E-state index >= 15 is 0 Å². The third-order valence-electron chi connectivity index (χ3n) is 3.61. The Hall–Kier alpha value is -1.82. The van der Waals surface area contributed by atoms with E-state index in [9.17, 15) is 4.79 Å². The Labute approximate surface area is 125 Å². The first-order chi connectivity index (χ1) is 10.2. The highest BCUT2D eigenvalue weighted by Gasteiger charge is 2.21. The van der Waals surface area contributed by atoms with E-state index in [0.29, 0.717) is 25.3 Å². The van der Waals surface area contributed by atoms with Crippen LogP contribution in [0.4, 0.5) is 11.5 Å². The van der Waals surface area contributed by atoms with E-state index in [-0.39, 0.29) is 5.91 Å². The van der Waals surface area contributed by atoms with Crippen LogP contribution in [0.1, 0.15) is 19.8 Å². The fourth-order valence-electron chi connectivity index (χ4n) is 2.40. The quantitative estimate of drug-likeness (QED) is 0.796. The zero-order valence-corrected chi connectivity index (χ0v) is 12.6. The van der Waals surface area contributed by atoms with Crippen molar-refractivity contribution in [1.82, 2.24) is 9.88 Å². The molecule has 1 fully saturated rings. The van der Waals surface area contributed by atoms with E-state index < -0.39 is 0 Å². The van der Waals surface area contributed by atoms with Gasteiger partial charge < -0.3 is 20.3 Å². The second-order valence-corrected chi connectivity index (χ2v) is 5.12. The van der Waals surface area contributed by atoms with Gasteiger partial charge in [-0.2, -0.15) is 0 Å². The van der Waals surface area contributed by atoms with Crippen LogP contribution in [0.3, 0.4) is 0 Å². The largest absolute Gasteiger partial charge is 0.397 e. The van der Waals surface area contributed by atoms with Gasteiger partial charge in [0.05, 0.1) is 11.9 Å². The predicted molar refractivity (Wildman–Crippen MR) is 83.2 cm³/mol. The molecule has 1 amide bonds. The van der Waals surface area contributed by atoms with Gasteiger partial charge in [-0.3, -0.25) is 4.79 Å². The molecule has 0 bridgehead atoms. The summed E-state index contributed by atoms with van der Waals surface area (Å²) in [6, 6.07) is 3.78. The molecular formula is C15H24N4O2. The fourth-order valence-corrected chi connectivity index (χ4v) is 2.40. The van der Waals surface area contributed by atoms with Gasteiger partial charge in [0.15, 0.2) is 0 Å². The molecule has 0 aliphatic carbocycles. The number of amides is 1. The van der Waals surface area contributed by atoms with Crippen LogP contribution in [0, 0.1) is 0 Å². The van der Waals surface area contributed by atoms with Crippen molar-refractivity contribution in [3.8, 4) is 0 Å². The first-order valence-corrected chi connectivity index (χ1v) is 7.52. The molecule has 1 saturated heterocycles. The summed E-state index contributed by atoms with van der Waals surface area (Å²) in [4.78, 5) is 20.5. The molecule has 6 heteroatoms. The molecule has 2 N–H and O–H groups in total. The van der Waals surface area contributed by atoms with Crippen molar-refractivity contribution < 1.29 is 9.53 Å². The van der Waals surface area contributed by atoms with Crippen LogP contribution in [0.2, 0.25) is 0 Å². The molecule has 21 heavy (non-hydrogen) atoms. The molecule has 0 radical (unpaired) electrons. The molecule has 0 atom stereocenters. The molecule has 2 heterocycles. The van der Waals surface area contributed by atoms with Gasteiger partial charge in [-0.25, -0.2) is 4.98 Å². The highest BCUT2D eigenvalue weighted by molar-refractivity contribution is 5.76. The van der Waals surface area contributed by atoms with Gasteiger partial charge in [0.1, 0.15) is 5.82 Å². The number of hydrogen-bond acceptors (Lipinski definition) is 5. The van der Waals surface area contributed by atoms with Gasteiger partial charge in [-0.1, -0.05) is 0 Å². The SMILES string of the molecule is CCOCCCC(=O)N1CCN(c2ccc(N)cn2)CC1. The smallest absolute Gasteiger partial charge is 0.222 e. The molecule has 2 rings (SSSR count). The second kappa shape index (κ2) is 7.83. The number of ether oxygens (including phenoxy) is 1. The number of aromatic nitrogens is 1. The van der Waals surface area contributed by atoms with Crippen molar-refractivity contribution in [2.45, 2.75) is 19.8 Å². The van der Waals surface area contributed by atoms with Gasteiger partial charge in [-0.05, 0) is 25.5 Å². The summed E-state index contributed by atoms with van der Waals surface area (Å²) in [7, 11) is 0. The lowest BCUT2D eigenvalue weighted by atomic mass is 10.2. The van der Waals surface area contributed by atoms with E-state index in [1.54, 1.807) is 6.20 Å². The molecule has 0 saturated carbocycles. The lowest BCUT2D eigenvalue weighted by Crippen LogP contribution is -2.49. The minimum Gasteiger partial charge on any atom is -0.397 e. The molecule has 116 valence electrons. The molecular weight excluding hydrogens is 268 g/mol. The van der Waals surface area contributed by atoms with E-state index in [1.165, 1.54) is 0 Å². The molecule has 1 aromatic heterocycles. The maximum atomic E-state index is 12.1. The standard InChI is InChI=1S/C15H24N4O2/c1-2-21-11-3-4-15(20)19-9-7-18(8-10-19)14-6-5-13(16)12-17-14/h5-6,12H,2-4,7-11,16H2,1H3. The highest BCUT2D eigenvalue weighted by atomic mass is 16.5. The van der Waals surface area contributed by atoms with E-state index in [1.807, 2.05) is 24.0 Å². The first kappa shape index (κ1) is 15.6. The van der Waals surface area contributed by atoms with Crippen molar-refractivity contribution in [1.29, 1.82) is 0 Å². The van der Waals surface area contributed by atoms with Crippen LogP contribution in [0.25, 0.3) is 0 Å². The van der Waals surface area contributed by atoms with Crippen LogP contribution in [0.5, 0.6) is 0 Å². The van der Waals surface area contributed by atoms with Crippen molar-refractivity contribution in [2.24, 2.45) is 0 Å². The average Bonchev–Trinajstić information content (AvgIpc) is 2.52. The Balaban J connectivity index is 1.75. The number of piperazine rings is 1. The molecule has 0 aromatic carbocycles. The van der Waals surface area contributed by atoms with Gasteiger partial charge in [0.25, 0.3) is 0 Å². The molecule has 0 unspecified atom stereocenters. The average molecular weight is 292 g/mol. The number of rotatable bonds is 6. The maximum Gasteiger partial charge on any atom is 0.222 e. The number of nitrogens with zero attached hydrogens (tertiary/aromatic N) is 3. The van der Waals surface area contributed by atoms with Crippen LogP contribution in [-0.2, 0) is 9.53 Å². The zero-order chi connectivity index (χ0) is 15.1. The maximum absolute atomic E-state index is 12.1. The number of nitrogens with two attached hydrogens (primary N) is 1. The Kier molecular flexibility index (Phi) is 5.80. The summed E-state index contributed by atoms with van der Waals surface area (Å²) >= 11 is 0. The normalized spacial score (nSPS) is 15.3. The molecule has 0 spiro atoms. The number of carbonyl (C=O) groups excluding carboxylic acids is 1. The Morgan fingerprint density at radius 1 is 1.33 bits per heavy atom. The fraction of sp³-hybridized carbons (Fsp3) is 0.600. The van der Waals surface area contributed by atoms with Crippen molar-refractivity contribution >= 4 is 17.4 Å². The second-order valence-electron chi connectivity index (χ2n) is 5.12. The van der Waals surface area contributed by atoms with E-state index in [0.717, 1.165) is 38.4 Å². The lowest BCUT2D eigenvalue weighted by Gasteiger charge is -2.35. The summed E-state index contributed by atoms with van der Waals surface area (Å²) in [6.07, 6.45) is 3.03. The highest BCUT2D eigenvalue weighted by Crippen LogP contribution is 2.15. The summed E-state index contributed by atoms with van der Waals surface area (Å²) in [6.45, 7) is 6.46. The van der Waals surface area contributed by atoms with Crippen LogP contribution in [0.15, 0.2) is 18.3 Å². The van der Waals surface area contributed by atoms with Gasteiger partial charge in [0, 0.05) is 45.8 Å². The molecule has 6 nitrogen and oxygen atoms in total. The van der Waals surface area contributed by atoms with Gasteiger partial charge in [0.2, 0.25) is 5.91 Å². The van der Waals surface area contributed by atoms with Crippen LogP contribution >= 0.6 is 0 Å². The third-order valence-corrected chi connectivity index (χ3v) is 3.61. The van der Waals surface area contributed by atoms with Crippen molar-refractivity contribution in [2.75, 3.05) is 50.0 Å². The van der Waals surface area contributed by atoms with E-state index in [4.69, 9.17) is 10.5 Å². The summed E-state index contributed by atoms with van der Waals surface area (Å²) in [5.41, 5.74) is 6.31. The minimum atomic E-state index is 0.222. The lowest BCUT2D eigenvalue weighted by molar-refractivity contribution is -0.131. The Morgan fingerprint density at radius 3 is 2.71 bits per heavy atom. The van der Waals surface area contributed by atoms with Crippen molar-refractivity contribution in [3.05, 3.63) is 18.3 Å². The third kappa shape index (κ3) is 4.60. The molecule has 1 aliphatic heterocycles. The predicted octanol–water partition coefficient (Wildman–Crippen LogP) is 1.13. The first-order valence-electron chi connectivity index (χ1n) is 7.52. The van der Waals surface area contributed by atoms with Gasteiger partial charge in [-0.15, -0.1) is 0 Å². The summed E-state index contributed by atoms with van der Waals surface area (Å²) in [5.74, 6) is 1.15. The molecule has 1 aliphatic rings. The number of carbonyl (C=O) groups is 1. The van der Waals surface area contributed by atoms with E-state index in [2.05, 4.69) is 9.88 Å². The number of hydrogen-bond donors (Lipinski definition) is 1. The summed E-state index contributed by atoms with van der Waals surface area (Å²) in [5, 5.41) is 0. The number of anilines is 2.